The van der Waals surface area contributed by atoms with Crippen LogP contribution in [0.4, 0.5) is 0 Å². The van der Waals surface area contributed by atoms with Gasteiger partial charge in [-0.3, -0.25) is 4.90 Å². The second kappa shape index (κ2) is 7.82. The molecule has 2 aromatic carbocycles. The normalized spacial score (nSPS) is 18.3. The van der Waals surface area contributed by atoms with Crippen molar-refractivity contribution in [2.24, 2.45) is 0 Å². The molecule has 0 amide bonds. The van der Waals surface area contributed by atoms with Crippen LogP contribution in [0.25, 0.3) is 0 Å². The second-order valence-corrected chi connectivity index (χ2v) is 6.37. The van der Waals surface area contributed by atoms with E-state index < -0.39 is 0 Å². The number of aliphatic hydroxyl groups is 1. The molecule has 1 fully saturated rings. The second-order valence-electron chi connectivity index (χ2n) is 5.96. The van der Waals surface area contributed by atoms with Crippen LogP contribution >= 0.6 is 11.6 Å². The summed E-state index contributed by atoms with van der Waals surface area (Å²) in [7, 11) is 0. The maximum Gasteiger partial charge on any atom is 0.119 e. The average molecular weight is 332 g/mol. The molecule has 4 heteroatoms. The zero-order chi connectivity index (χ0) is 16.1. The Bertz CT molecular complexity index is 630. The van der Waals surface area contributed by atoms with Gasteiger partial charge in [0.05, 0.1) is 6.61 Å². The van der Waals surface area contributed by atoms with E-state index in [1.165, 1.54) is 11.1 Å². The van der Waals surface area contributed by atoms with Crippen molar-refractivity contribution in [1.29, 1.82) is 0 Å². The van der Waals surface area contributed by atoms with Gasteiger partial charge >= 0.3 is 0 Å². The van der Waals surface area contributed by atoms with Gasteiger partial charge < -0.3 is 9.84 Å². The lowest BCUT2D eigenvalue weighted by molar-refractivity contribution is 0.201. The van der Waals surface area contributed by atoms with E-state index in [0.29, 0.717) is 12.5 Å². The van der Waals surface area contributed by atoms with Crippen molar-refractivity contribution in [1.82, 2.24) is 4.90 Å². The lowest BCUT2D eigenvalue weighted by atomic mass is 9.98. The Morgan fingerprint density at radius 3 is 2.65 bits per heavy atom. The first-order valence-corrected chi connectivity index (χ1v) is 8.43. The van der Waals surface area contributed by atoms with Crippen molar-refractivity contribution in [2.75, 3.05) is 26.3 Å². The molecule has 1 aliphatic rings. The van der Waals surface area contributed by atoms with Crippen molar-refractivity contribution in [3.05, 3.63) is 64.7 Å². The quantitative estimate of drug-likeness (QED) is 0.876. The van der Waals surface area contributed by atoms with Gasteiger partial charge in [0.15, 0.2) is 0 Å². The molecule has 0 aliphatic carbocycles. The van der Waals surface area contributed by atoms with Crippen LogP contribution in [0.1, 0.15) is 23.5 Å². The van der Waals surface area contributed by atoms with E-state index >= 15 is 0 Å². The Morgan fingerprint density at radius 1 is 1.13 bits per heavy atom. The highest BCUT2D eigenvalue weighted by Crippen LogP contribution is 2.32. The van der Waals surface area contributed by atoms with Crippen LogP contribution in [0.5, 0.6) is 5.75 Å². The fraction of sp³-hybridized carbons (Fsp3) is 0.368. The molecule has 1 aliphatic heterocycles. The van der Waals surface area contributed by atoms with Gasteiger partial charge in [-0.15, -0.1) is 0 Å². The van der Waals surface area contributed by atoms with E-state index in [2.05, 4.69) is 29.2 Å². The molecule has 2 aromatic rings. The number of halogens is 1. The molecule has 0 spiro atoms. The Hall–Kier alpha value is -1.55. The van der Waals surface area contributed by atoms with E-state index in [1.807, 2.05) is 24.3 Å². The number of aliphatic hydroxyl groups excluding tert-OH is 1. The standard InChI is InChI=1S/C19H22ClNO2/c20-19-4-2-1-3-18(19)16-9-10-21(14-16)13-15-5-7-17(8-6-15)23-12-11-22/h1-8,16,22H,9-14H2/t16-/m0/s1. The molecule has 1 atom stereocenters. The fourth-order valence-corrected chi connectivity index (χ4v) is 3.44. The largest absolute Gasteiger partial charge is 0.491 e. The zero-order valence-electron chi connectivity index (χ0n) is 13.1. The molecule has 1 saturated heterocycles. The maximum absolute atomic E-state index is 8.77. The molecule has 0 aromatic heterocycles. The van der Waals surface area contributed by atoms with Gasteiger partial charge in [0.1, 0.15) is 12.4 Å². The minimum absolute atomic E-state index is 0.0406. The van der Waals surface area contributed by atoms with E-state index in [4.69, 9.17) is 21.4 Å². The molecule has 0 bridgehead atoms. The van der Waals surface area contributed by atoms with Gasteiger partial charge in [0, 0.05) is 18.1 Å². The van der Waals surface area contributed by atoms with Gasteiger partial charge in [-0.05, 0) is 48.2 Å². The highest BCUT2D eigenvalue weighted by Gasteiger charge is 2.25. The minimum Gasteiger partial charge on any atom is -0.491 e. The number of nitrogens with zero attached hydrogens (tertiary/aromatic N) is 1. The van der Waals surface area contributed by atoms with Crippen molar-refractivity contribution < 1.29 is 9.84 Å². The monoisotopic (exact) mass is 331 g/mol. The number of likely N-dealkylation sites (tertiary alicyclic amines) is 1. The van der Waals surface area contributed by atoms with Crippen LogP contribution in [0.2, 0.25) is 5.02 Å². The Morgan fingerprint density at radius 2 is 1.91 bits per heavy atom. The lowest BCUT2D eigenvalue weighted by Gasteiger charge is -2.17. The number of ether oxygens (including phenoxy) is 1. The molecular formula is C19H22ClNO2. The summed E-state index contributed by atoms with van der Waals surface area (Å²) < 4.78 is 5.39. The summed E-state index contributed by atoms with van der Waals surface area (Å²) in [5, 5.41) is 9.65. The number of rotatable bonds is 6. The smallest absolute Gasteiger partial charge is 0.119 e. The van der Waals surface area contributed by atoms with Crippen LogP contribution < -0.4 is 4.74 Å². The topological polar surface area (TPSA) is 32.7 Å². The van der Waals surface area contributed by atoms with Gasteiger partial charge in [-0.1, -0.05) is 41.9 Å². The summed E-state index contributed by atoms with van der Waals surface area (Å²) in [6.45, 7) is 3.47. The Labute approximate surface area is 142 Å². The summed E-state index contributed by atoms with van der Waals surface area (Å²) in [5.74, 6) is 1.33. The van der Waals surface area contributed by atoms with E-state index in [-0.39, 0.29) is 6.61 Å². The average Bonchev–Trinajstić information content (AvgIpc) is 3.03. The van der Waals surface area contributed by atoms with Gasteiger partial charge in [0.2, 0.25) is 0 Å². The lowest BCUT2D eigenvalue weighted by Crippen LogP contribution is -2.19. The third-order valence-corrected chi connectivity index (χ3v) is 4.65. The molecular weight excluding hydrogens is 310 g/mol. The van der Waals surface area contributed by atoms with Crippen LogP contribution in [0.3, 0.4) is 0 Å². The third kappa shape index (κ3) is 4.25. The maximum atomic E-state index is 8.77. The Balaban J connectivity index is 1.56. The number of hydrogen-bond acceptors (Lipinski definition) is 3. The van der Waals surface area contributed by atoms with Crippen LogP contribution in [-0.2, 0) is 6.54 Å². The summed E-state index contributed by atoms with van der Waals surface area (Å²) in [5.41, 5.74) is 2.55. The predicted octanol–water partition coefficient (Wildman–Crippen LogP) is 3.70. The summed E-state index contributed by atoms with van der Waals surface area (Å²) >= 11 is 6.32. The van der Waals surface area contributed by atoms with Crippen molar-refractivity contribution in [2.45, 2.75) is 18.9 Å². The highest BCUT2D eigenvalue weighted by atomic mass is 35.5. The van der Waals surface area contributed by atoms with E-state index in [1.54, 1.807) is 0 Å². The molecule has 0 saturated carbocycles. The van der Waals surface area contributed by atoms with Crippen LogP contribution in [0.15, 0.2) is 48.5 Å². The van der Waals surface area contributed by atoms with Crippen molar-refractivity contribution >= 4 is 11.6 Å². The van der Waals surface area contributed by atoms with Crippen LogP contribution in [0, 0.1) is 0 Å². The molecule has 3 nitrogen and oxygen atoms in total. The van der Waals surface area contributed by atoms with Crippen molar-refractivity contribution in [3.63, 3.8) is 0 Å². The SMILES string of the molecule is OCCOc1ccc(CN2CC[C@H](c3ccccc3Cl)C2)cc1. The van der Waals surface area contributed by atoms with E-state index in [9.17, 15) is 0 Å². The first kappa shape index (κ1) is 16.3. The number of benzene rings is 2. The summed E-state index contributed by atoms with van der Waals surface area (Å²) in [4.78, 5) is 2.47. The molecule has 0 radical (unpaired) electrons. The summed E-state index contributed by atoms with van der Waals surface area (Å²) in [6, 6.07) is 16.3. The molecule has 1 N–H and O–H groups in total. The molecule has 0 unspecified atom stereocenters. The molecule has 3 rings (SSSR count). The highest BCUT2D eigenvalue weighted by molar-refractivity contribution is 6.31. The Kier molecular flexibility index (Phi) is 5.55. The first-order chi connectivity index (χ1) is 11.3. The molecule has 122 valence electrons. The van der Waals surface area contributed by atoms with Crippen molar-refractivity contribution in [3.8, 4) is 5.75 Å². The van der Waals surface area contributed by atoms with Gasteiger partial charge in [-0.25, -0.2) is 0 Å². The summed E-state index contributed by atoms with van der Waals surface area (Å²) in [6.07, 6.45) is 1.15. The third-order valence-electron chi connectivity index (χ3n) is 4.31. The molecule has 23 heavy (non-hydrogen) atoms. The van der Waals surface area contributed by atoms with E-state index in [0.717, 1.165) is 36.8 Å². The first-order valence-electron chi connectivity index (χ1n) is 8.05. The van der Waals surface area contributed by atoms with Gasteiger partial charge in [-0.2, -0.15) is 0 Å². The molecule has 1 heterocycles. The minimum atomic E-state index is 0.0406. The zero-order valence-corrected chi connectivity index (χ0v) is 13.9. The van der Waals surface area contributed by atoms with Crippen LogP contribution in [-0.4, -0.2) is 36.3 Å². The predicted molar refractivity (Wildman–Crippen MR) is 93.1 cm³/mol. The number of hydrogen-bond donors (Lipinski definition) is 1. The van der Waals surface area contributed by atoms with Gasteiger partial charge in [0.25, 0.3) is 0 Å². The fourth-order valence-electron chi connectivity index (χ4n) is 3.15.